The van der Waals surface area contributed by atoms with E-state index in [2.05, 4.69) is 32.4 Å². The van der Waals surface area contributed by atoms with Gasteiger partial charge in [0, 0.05) is 32.4 Å². The number of benzene rings is 1. The van der Waals surface area contributed by atoms with Gasteiger partial charge in [0.1, 0.15) is 5.82 Å². The molecule has 0 saturated carbocycles. The van der Waals surface area contributed by atoms with Gasteiger partial charge in [0.05, 0.1) is 17.4 Å². The van der Waals surface area contributed by atoms with Crippen molar-refractivity contribution in [2.75, 3.05) is 38.0 Å². The molecule has 0 spiro atoms. The zero-order valence-corrected chi connectivity index (χ0v) is 17.7. The Morgan fingerprint density at radius 1 is 1.10 bits per heavy atom. The molecule has 1 fully saturated rings. The molecule has 0 atom stereocenters. The highest BCUT2D eigenvalue weighted by molar-refractivity contribution is 6.02. The van der Waals surface area contributed by atoms with E-state index in [1.807, 2.05) is 36.1 Å². The van der Waals surface area contributed by atoms with Gasteiger partial charge >= 0.3 is 0 Å². The highest BCUT2D eigenvalue weighted by Gasteiger charge is 2.21. The van der Waals surface area contributed by atoms with Gasteiger partial charge in [0.15, 0.2) is 5.69 Å². The van der Waals surface area contributed by atoms with Gasteiger partial charge in [-0.15, -0.1) is 5.10 Å². The number of rotatable bonds is 5. The zero-order valence-electron chi connectivity index (χ0n) is 17.7. The number of nitrogens with one attached hydrogen (secondary N) is 1. The summed E-state index contributed by atoms with van der Waals surface area (Å²) in [6, 6.07) is 11.1. The lowest BCUT2D eigenvalue weighted by Gasteiger charge is -2.34. The quantitative estimate of drug-likeness (QED) is 0.680. The van der Waals surface area contributed by atoms with Crippen molar-refractivity contribution < 1.29 is 9.59 Å². The molecule has 2 aromatic heterocycles. The number of amides is 2. The maximum atomic E-state index is 12.7. The Hall–Kier alpha value is -3.59. The first kappa shape index (κ1) is 20.7. The molecule has 3 aromatic rings. The van der Waals surface area contributed by atoms with E-state index in [1.165, 1.54) is 6.20 Å². The van der Waals surface area contributed by atoms with Gasteiger partial charge in [0.25, 0.3) is 11.8 Å². The Kier molecular flexibility index (Phi) is 6.03. The minimum Gasteiger partial charge on any atom is -0.336 e. The Balaban J connectivity index is 1.38. The number of anilines is 1. The molecule has 0 unspecified atom stereocenters. The monoisotopic (exact) mass is 419 g/mol. The van der Waals surface area contributed by atoms with Crippen molar-refractivity contribution in [2.24, 2.45) is 0 Å². The number of likely N-dealkylation sites (N-methyl/N-ethyl adjacent to an activating group) is 1. The highest BCUT2D eigenvalue weighted by Crippen LogP contribution is 2.13. The van der Waals surface area contributed by atoms with Crippen LogP contribution in [0.3, 0.4) is 0 Å². The average Bonchev–Trinajstić information content (AvgIpc) is 3.30. The van der Waals surface area contributed by atoms with E-state index < -0.39 is 5.91 Å². The van der Waals surface area contributed by atoms with Gasteiger partial charge in [-0.3, -0.25) is 9.59 Å². The van der Waals surface area contributed by atoms with E-state index in [0.717, 1.165) is 30.9 Å². The van der Waals surface area contributed by atoms with Crippen LogP contribution in [0.2, 0.25) is 0 Å². The van der Waals surface area contributed by atoms with E-state index in [1.54, 1.807) is 23.0 Å². The molecule has 3 heterocycles. The first-order valence-corrected chi connectivity index (χ1v) is 10.3. The molecule has 0 bridgehead atoms. The highest BCUT2D eigenvalue weighted by atomic mass is 16.2. The van der Waals surface area contributed by atoms with Crippen molar-refractivity contribution in [2.45, 2.75) is 13.8 Å². The van der Waals surface area contributed by atoms with E-state index in [-0.39, 0.29) is 11.6 Å². The van der Waals surface area contributed by atoms with Crippen molar-refractivity contribution in [1.29, 1.82) is 0 Å². The second kappa shape index (κ2) is 9.05. The summed E-state index contributed by atoms with van der Waals surface area (Å²) in [5.41, 5.74) is 2.60. The van der Waals surface area contributed by atoms with Gasteiger partial charge in [-0.05, 0) is 43.3 Å². The minimum atomic E-state index is -0.416. The third-order valence-corrected chi connectivity index (χ3v) is 5.35. The van der Waals surface area contributed by atoms with Crippen LogP contribution in [-0.4, -0.2) is 74.3 Å². The van der Waals surface area contributed by atoms with Crippen molar-refractivity contribution in [3.63, 3.8) is 0 Å². The maximum absolute atomic E-state index is 12.7. The molecule has 9 nitrogen and oxygen atoms in total. The number of carbonyl (C=O) groups excluding carboxylic acids is 2. The van der Waals surface area contributed by atoms with Gasteiger partial charge in [0.2, 0.25) is 0 Å². The molecule has 1 N–H and O–H groups in total. The van der Waals surface area contributed by atoms with Crippen LogP contribution in [-0.2, 0) is 0 Å². The molecule has 2 amide bonds. The fourth-order valence-corrected chi connectivity index (χ4v) is 3.49. The molecule has 160 valence electrons. The molecule has 1 aromatic carbocycles. The number of piperazine rings is 1. The van der Waals surface area contributed by atoms with Crippen LogP contribution in [0.5, 0.6) is 0 Å². The minimum absolute atomic E-state index is 0.0396. The molecule has 1 saturated heterocycles. The number of nitrogens with zero attached hydrogens (tertiary/aromatic N) is 6. The summed E-state index contributed by atoms with van der Waals surface area (Å²) < 4.78 is 1.55. The molecular weight excluding hydrogens is 394 g/mol. The molecule has 31 heavy (non-hydrogen) atoms. The van der Waals surface area contributed by atoms with Crippen LogP contribution in [0, 0.1) is 6.92 Å². The second-order valence-electron chi connectivity index (χ2n) is 7.50. The summed E-state index contributed by atoms with van der Waals surface area (Å²) in [5, 5.41) is 10.7. The second-order valence-corrected chi connectivity index (χ2v) is 7.50. The first-order valence-electron chi connectivity index (χ1n) is 10.3. The van der Waals surface area contributed by atoms with E-state index in [0.29, 0.717) is 24.5 Å². The largest absolute Gasteiger partial charge is 0.336 e. The molecular formula is C22H25N7O2. The lowest BCUT2D eigenvalue weighted by molar-refractivity contribution is 0.0643. The van der Waals surface area contributed by atoms with Crippen LogP contribution < -0.4 is 5.32 Å². The summed E-state index contributed by atoms with van der Waals surface area (Å²) in [5.74, 6) is -0.106. The number of hydrogen-bond donors (Lipinski definition) is 1. The summed E-state index contributed by atoms with van der Waals surface area (Å²) >= 11 is 0. The smallest absolute Gasteiger partial charge is 0.279 e. The van der Waals surface area contributed by atoms with Gasteiger partial charge in [-0.25, -0.2) is 9.67 Å². The Bertz CT molecular complexity index is 1070. The van der Waals surface area contributed by atoms with Crippen LogP contribution in [0.4, 0.5) is 5.82 Å². The first-order chi connectivity index (χ1) is 15.0. The Morgan fingerprint density at radius 3 is 2.58 bits per heavy atom. The Labute approximate surface area is 180 Å². The van der Waals surface area contributed by atoms with Crippen LogP contribution in [0.1, 0.15) is 33.3 Å². The van der Waals surface area contributed by atoms with Crippen LogP contribution in [0.15, 0.2) is 48.8 Å². The standard InChI is InChI=1S/C22H25N7O2/c1-3-27-9-11-28(12-10-27)22(31)17-7-8-20(23-14-17)24-21(30)19-15-29(26-25-19)18-6-4-5-16(2)13-18/h4-8,13-15H,3,9-12H2,1-2H3,(H,23,24,30). The average molecular weight is 419 g/mol. The third-order valence-electron chi connectivity index (χ3n) is 5.35. The van der Waals surface area contributed by atoms with Crippen molar-refractivity contribution in [3.05, 3.63) is 65.6 Å². The molecule has 4 rings (SSSR count). The molecule has 9 heteroatoms. The number of aromatic nitrogens is 4. The van der Waals surface area contributed by atoms with Crippen LogP contribution in [0.25, 0.3) is 5.69 Å². The van der Waals surface area contributed by atoms with Gasteiger partial charge in [-0.1, -0.05) is 24.3 Å². The topological polar surface area (TPSA) is 96.2 Å². The van der Waals surface area contributed by atoms with Gasteiger partial charge < -0.3 is 15.1 Å². The third kappa shape index (κ3) is 4.77. The number of pyridine rings is 1. The maximum Gasteiger partial charge on any atom is 0.279 e. The van der Waals surface area contributed by atoms with Crippen LogP contribution >= 0.6 is 0 Å². The predicted octanol–water partition coefficient (Wildman–Crippen LogP) is 2.00. The molecule has 0 radical (unpaired) electrons. The van der Waals surface area contributed by atoms with E-state index >= 15 is 0 Å². The van der Waals surface area contributed by atoms with Crippen molar-refractivity contribution in [3.8, 4) is 5.69 Å². The lowest BCUT2D eigenvalue weighted by atomic mass is 10.2. The van der Waals surface area contributed by atoms with Crippen molar-refractivity contribution in [1.82, 2.24) is 29.8 Å². The fraction of sp³-hybridized carbons (Fsp3) is 0.318. The zero-order chi connectivity index (χ0) is 21.8. The number of hydrogen-bond acceptors (Lipinski definition) is 6. The van der Waals surface area contributed by atoms with E-state index in [9.17, 15) is 9.59 Å². The summed E-state index contributed by atoms with van der Waals surface area (Å²) in [7, 11) is 0. The van der Waals surface area contributed by atoms with E-state index in [4.69, 9.17) is 0 Å². The molecule has 1 aliphatic rings. The number of aryl methyl sites for hydroxylation is 1. The summed E-state index contributed by atoms with van der Waals surface area (Å²) in [6.07, 6.45) is 3.06. The fourth-order valence-electron chi connectivity index (χ4n) is 3.49. The summed E-state index contributed by atoms with van der Waals surface area (Å²) in [4.78, 5) is 33.6. The SMILES string of the molecule is CCN1CCN(C(=O)c2ccc(NC(=O)c3cn(-c4cccc(C)c4)nn3)nc2)CC1. The summed E-state index contributed by atoms with van der Waals surface area (Å²) in [6.45, 7) is 8.29. The molecule has 1 aliphatic heterocycles. The Morgan fingerprint density at radius 2 is 1.90 bits per heavy atom. The van der Waals surface area contributed by atoms with Crippen molar-refractivity contribution >= 4 is 17.6 Å². The molecule has 0 aliphatic carbocycles. The normalized spacial score (nSPS) is 14.5. The predicted molar refractivity (Wildman–Crippen MR) is 116 cm³/mol. The van der Waals surface area contributed by atoms with Gasteiger partial charge in [-0.2, -0.15) is 0 Å². The lowest BCUT2D eigenvalue weighted by Crippen LogP contribution is -2.48. The number of carbonyl (C=O) groups is 2.